The predicted molar refractivity (Wildman–Crippen MR) is 108 cm³/mol. The quantitative estimate of drug-likeness (QED) is 0.827. The lowest BCUT2D eigenvalue weighted by Crippen LogP contribution is -2.41. The van der Waals surface area contributed by atoms with Crippen LogP contribution in [0.25, 0.3) is 6.08 Å². The topological polar surface area (TPSA) is 58.6 Å². The number of nitrogens with one attached hydrogen (secondary N) is 1. The van der Waals surface area contributed by atoms with Gasteiger partial charge < -0.3 is 15.0 Å². The van der Waals surface area contributed by atoms with E-state index < -0.39 is 6.10 Å². The van der Waals surface area contributed by atoms with Gasteiger partial charge in [-0.1, -0.05) is 38.1 Å². The Labute approximate surface area is 159 Å². The van der Waals surface area contributed by atoms with E-state index in [1.165, 1.54) is 11.6 Å². The summed E-state index contributed by atoms with van der Waals surface area (Å²) < 4.78 is 5.64. The summed E-state index contributed by atoms with van der Waals surface area (Å²) in [5, 5.41) is 2.82. The van der Waals surface area contributed by atoms with Gasteiger partial charge >= 0.3 is 0 Å². The van der Waals surface area contributed by atoms with Gasteiger partial charge in [-0.3, -0.25) is 9.59 Å². The number of benzene rings is 2. The van der Waals surface area contributed by atoms with Crippen LogP contribution < -0.4 is 15.0 Å². The third-order valence-corrected chi connectivity index (χ3v) is 4.60. The van der Waals surface area contributed by atoms with Crippen molar-refractivity contribution in [1.82, 2.24) is 0 Å². The summed E-state index contributed by atoms with van der Waals surface area (Å²) in [5.41, 5.74) is 3.55. The molecule has 1 unspecified atom stereocenters. The highest BCUT2D eigenvalue weighted by Gasteiger charge is 2.28. The Morgan fingerprint density at radius 3 is 2.56 bits per heavy atom. The van der Waals surface area contributed by atoms with Gasteiger partial charge in [-0.25, -0.2) is 0 Å². The number of carbonyl (C=O) groups is 2. The van der Waals surface area contributed by atoms with Crippen molar-refractivity contribution in [3.63, 3.8) is 0 Å². The molecule has 0 aromatic heterocycles. The van der Waals surface area contributed by atoms with Crippen molar-refractivity contribution in [2.24, 2.45) is 0 Å². The summed E-state index contributed by atoms with van der Waals surface area (Å²) in [6.45, 7) is 6.00. The van der Waals surface area contributed by atoms with Crippen molar-refractivity contribution in [1.29, 1.82) is 0 Å². The number of carbonyl (C=O) groups excluding carboxylic acids is 2. The third-order valence-electron chi connectivity index (χ3n) is 4.60. The van der Waals surface area contributed by atoms with E-state index in [1.54, 1.807) is 43.1 Å². The summed E-state index contributed by atoms with van der Waals surface area (Å²) >= 11 is 0. The molecule has 0 bridgehead atoms. The fraction of sp³-hybridized carbons (Fsp3) is 0.273. The zero-order chi connectivity index (χ0) is 19.6. The Morgan fingerprint density at radius 1 is 1.19 bits per heavy atom. The molecule has 3 rings (SSSR count). The molecular formula is C22H24N2O3. The largest absolute Gasteiger partial charge is 0.479 e. The Hall–Kier alpha value is -3.08. The summed E-state index contributed by atoms with van der Waals surface area (Å²) in [6, 6.07) is 13.4. The molecule has 0 radical (unpaired) electrons. The lowest BCUT2D eigenvalue weighted by Gasteiger charge is -2.30. The maximum absolute atomic E-state index is 12.2. The molecule has 2 aromatic rings. The second-order valence-corrected chi connectivity index (χ2v) is 6.98. The average Bonchev–Trinajstić information content (AvgIpc) is 2.65. The summed E-state index contributed by atoms with van der Waals surface area (Å²) in [6.07, 6.45) is 2.74. The maximum atomic E-state index is 12.2. The van der Waals surface area contributed by atoms with Crippen molar-refractivity contribution >= 4 is 29.3 Å². The standard InChI is InChI=1S/C22H24N2O3/c1-14(2)17-8-5-16(6-9-17)7-12-21(25)23-18-10-11-19-20(13-18)27-15(3)22(26)24(19)4/h5-15H,1-4H3,(H,23,25)/b12-7+. The van der Waals surface area contributed by atoms with Crippen LogP contribution in [0.3, 0.4) is 0 Å². The van der Waals surface area contributed by atoms with E-state index in [9.17, 15) is 9.59 Å². The molecule has 5 heteroatoms. The number of amides is 2. The van der Waals surface area contributed by atoms with E-state index in [2.05, 4.69) is 31.3 Å². The summed E-state index contributed by atoms with van der Waals surface area (Å²) in [5.74, 6) is 0.743. The van der Waals surface area contributed by atoms with Crippen molar-refractivity contribution in [3.8, 4) is 5.75 Å². The minimum absolute atomic E-state index is 0.0919. The second-order valence-electron chi connectivity index (χ2n) is 6.98. The summed E-state index contributed by atoms with van der Waals surface area (Å²) in [7, 11) is 1.71. The third kappa shape index (κ3) is 4.19. The molecule has 1 N–H and O–H groups in total. The number of hydrogen-bond donors (Lipinski definition) is 1. The molecule has 5 nitrogen and oxygen atoms in total. The number of ether oxygens (including phenoxy) is 1. The first kappa shape index (κ1) is 18.7. The fourth-order valence-electron chi connectivity index (χ4n) is 2.94. The maximum Gasteiger partial charge on any atom is 0.267 e. The van der Waals surface area contributed by atoms with Gasteiger partial charge in [0.2, 0.25) is 5.91 Å². The van der Waals surface area contributed by atoms with Gasteiger partial charge in [0, 0.05) is 24.9 Å². The molecule has 0 fully saturated rings. The van der Waals surface area contributed by atoms with Gasteiger partial charge in [0.25, 0.3) is 5.91 Å². The molecule has 0 saturated heterocycles. The second kappa shape index (κ2) is 7.66. The van der Waals surface area contributed by atoms with Crippen molar-refractivity contribution in [2.45, 2.75) is 32.8 Å². The number of rotatable bonds is 4. The number of hydrogen-bond acceptors (Lipinski definition) is 3. The van der Waals surface area contributed by atoms with Crippen LogP contribution in [0.1, 0.15) is 37.8 Å². The number of likely N-dealkylation sites (N-methyl/N-ethyl adjacent to an activating group) is 1. The lowest BCUT2D eigenvalue weighted by molar-refractivity contribution is -0.125. The smallest absolute Gasteiger partial charge is 0.267 e. The molecule has 140 valence electrons. The van der Waals surface area contributed by atoms with Gasteiger partial charge in [-0.15, -0.1) is 0 Å². The molecule has 0 aliphatic carbocycles. The van der Waals surface area contributed by atoms with Crippen molar-refractivity contribution in [3.05, 3.63) is 59.7 Å². The summed E-state index contributed by atoms with van der Waals surface area (Å²) in [4.78, 5) is 25.7. The zero-order valence-electron chi connectivity index (χ0n) is 16.0. The van der Waals surface area contributed by atoms with Crippen LogP contribution >= 0.6 is 0 Å². The Balaban J connectivity index is 1.68. The molecular weight excluding hydrogens is 340 g/mol. The average molecular weight is 364 g/mol. The van der Waals surface area contributed by atoms with E-state index in [4.69, 9.17) is 4.74 Å². The zero-order valence-corrected chi connectivity index (χ0v) is 16.0. The number of fused-ring (bicyclic) bond motifs is 1. The van der Waals surface area contributed by atoms with Crippen LogP contribution in [-0.4, -0.2) is 25.0 Å². The molecule has 1 atom stereocenters. The van der Waals surface area contributed by atoms with Gasteiger partial charge in [-0.2, -0.15) is 0 Å². The first-order valence-electron chi connectivity index (χ1n) is 9.02. The van der Waals surface area contributed by atoms with E-state index in [1.807, 2.05) is 12.1 Å². The minimum atomic E-state index is -0.540. The van der Waals surface area contributed by atoms with Crippen LogP contribution in [-0.2, 0) is 9.59 Å². The highest BCUT2D eigenvalue weighted by Crippen LogP contribution is 2.35. The van der Waals surface area contributed by atoms with E-state index in [0.717, 1.165) is 5.56 Å². The normalized spacial score (nSPS) is 16.4. The van der Waals surface area contributed by atoms with Crippen molar-refractivity contribution < 1.29 is 14.3 Å². The van der Waals surface area contributed by atoms with Crippen molar-refractivity contribution in [2.75, 3.05) is 17.3 Å². The predicted octanol–water partition coefficient (Wildman–Crippen LogP) is 4.21. The number of anilines is 2. The Kier molecular flexibility index (Phi) is 5.31. The Morgan fingerprint density at radius 2 is 1.89 bits per heavy atom. The monoisotopic (exact) mass is 364 g/mol. The highest BCUT2D eigenvalue weighted by atomic mass is 16.5. The SMILES string of the molecule is CC1Oc2cc(NC(=O)/C=C/c3ccc(C(C)C)cc3)ccc2N(C)C1=O. The van der Waals surface area contributed by atoms with E-state index in [-0.39, 0.29) is 11.8 Å². The fourth-order valence-corrected chi connectivity index (χ4v) is 2.94. The van der Waals surface area contributed by atoms with Crippen LogP contribution in [0.5, 0.6) is 5.75 Å². The first-order valence-corrected chi connectivity index (χ1v) is 9.02. The van der Waals surface area contributed by atoms with Gasteiger partial charge in [-0.05, 0) is 42.2 Å². The van der Waals surface area contributed by atoms with Crippen LogP contribution in [0.4, 0.5) is 11.4 Å². The van der Waals surface area contributed by atoms with E-state index >= 15 is 0 Å². The molecule has 0 saturated carbocycles. The first-order chi connectivity index (χ1) is 12.8. The minimum Gasteiger partial charge on any atom is -0.479 e. The number of nitrogens with zero attached hydrogens (tertiary/aromatic N) is 1. The highest BCUT2D eigenvalue weighted by molar-refractivity contribution is 6.03. The van der Waals surface area contributed by atoms with Gasteiger partial charge in [0.05, 0.1) is 5.69 Å². The van der Waals surface area contributed by atoms with Crippen LogP contribution in [0.2, 0.25) is 0 Å². The molecule has 2 aromatic carbocycles. The van der Waals surface area contributed by atoms with Crippen LogP contribution in [0.15, 0.2) is 48.5 Å². The molecule has 0 spiro atoms. The molecule has 1 aliphatic heterocycles. The molecule has 27 heavy (non-hydrogen) atoms. The Bertz CT molecular complexity index is 885. The molecule has 2 amide bonds. The van der Waals surface area contributed by atoms with E-state index in [0.29, 0.717) is 23.0 Å². The molecule has 1 heterocycles. The van der Waals surface area contributed by atoms with Crippen LogP contribution in [0, 0.1) is 0 Å². The lowest BCUT2D eigenvalue weighted by atomic mass is 10.0. The van der Waals surface area contributed by atoms with Gasteiger partial charge in [0.15, 0.2) is 6.10 Å². The van der Waals surface area contributed by atoms with Gasteiger partial charge in [0.1, 0.15) is 5.75 Å². The molecule has 1 aliphatic rings.